The van der Waals surface area contributed by atoms with E-state index in [-0.39, 0.29) is 11.4 Å². The Bertz CT molecular complexity index is 1480. The lowest BCUT2D eigenvalue weighted by Crippen LogP contribution is -2.39. The van der Waals surface area contributed by atoms with E-state index in [1.54, 1.807) is 97.1 Å². The van der Waals surface area contributed by atoms with Crippen LogP contribution < -0.4 is 24.6 Å². The Morgan fingerprint density at radius 3 is 1.93 bits per heavy atom. The second-order valence-electron chi connectivity index (χ2n) is 8.92. The molecule has 0 radical (unpaired) electrons. The molecule has 2 N–H and O–H groups in total. The minimum Gasteiger partial charge on any atom is -0.505 e. The molecular weight excluding hydrogens is 518 g/mol. The van der Waals surface area contributed by atoms with E-state index in [4.69, 9.17) is 9.47 Å². The Kier molecular flexibility index (Phi) is 9.62. The molecule has 0 atom stereocenters. The summed E-state index contributed by atoms with van der Waals surface area (Å²) in [6, 6.07) is 31.1. The number of aliphatic hydroxyl groups is 1. The quantitative estimate of drug-likeness (QED) is 0.161. The molecule has 0 aliphatic heterocycles. The van der Waals surface area contributed by atoms with Gasteiger partial charge in [-0.3, -0.25) is 4.79 Å². The van der Waals surface area contributed by atoms with Crippen molar-refractivity contribution >= 4 is 34.8 Å². The Morgan fingerprint density at radius 1 is 0.756 bits per heavy atom. The number of anilines is 3. The van der Waals surface area contributed by atoms with Gasteiger partial charge in [0.2, 0.25) is 0 Å². The van der Waals surface area contributed by atoms with Crippen molar-refractivity contribution in [2.24, 2.45) is 0 Å². The number of para-hydroxylation sites is 3. The Labute approximate surface area is 240 Å². The molecule has 0 spiro atoms. The summed E-state index contributed by atoms with van der Waals surface area (Å²) >= 11 is 0. The molecule has 0 saturated carbocycles. The highest BCUT2D eigenvalue weighted by molar-refractivity contribution is 6.16. The number of ether oxygens (including phenoxy) is 2. The van der Waals surface area contributed by atoms with E-state index in [0.717, 1.165) is 23.7 Å². The first kappa shape index (κ1) is 28.8. The highest BCUT2D eigenvalue weighted by atomic mass is 16.6. The maximum absolute atomic E-state index is 14.0. The van der Waals surface area contributed by atoms with Crippen LogP contribution in [0.25, 0.3) is 5.76 Å². The number of methoxy groups -OCH3 is 1. The molecule has 4 rings (SSSR count). The molecule has 210 valence electrons. The molecule has 8 heteroatoms. The van der Waals surface area contributed by atoms with E-state index in [9.17, 15) is 14.7 Å². The van der Waals surface area contributed by atoms with Gasteiger partial charge in [-0.25, -0.2) is 9.69 Å². The number of nitrogens with one attached hydrogen (secondary N) is 1. The lowest BCUT2D eigenvalue weighted by molar-refractivity contribution is -0.113. The van der Waals surface area contributed by atoms with Gasteiger partial charge >= 0.3 is 6.09 Å². The van der Waals surface area contributed by atoms with Crippen molar-refractivity contribution in [2.45, 2.75) is 13.8 Å². The summed E-state index contributed by atoms with van der Waals surface area (Å²) in [4.78, 5) is 31.1. The zero-order valence-electron chi connectivity index (χ0n) is 23.3. The number of benzene rings is 4. The lowest BCUT2D eigenvalue weighted by Gasteiger charge is -2.27. The molecule has 4 aromatic carbocycles. The van der Waals surface area contributed by atoms with E-state index < -0.39 is 17.8 Å². The molecular formula is C33H33N3O5. The summed E-state index contributed by atoms with van der Waals surface area (Å²) in [5, 5.41) is 14.3. The lowest BCUT2D eigenvalue weighted by atomic mass is 10.1. The number of carbonyl (C=O) groups excluding carboxylic acids is 2. The topological polar surface area (TPSA) is 91.3 Å². The van der Waals surface area contributed by atoms with Gasteiger partial charge in [-0.1, -0.05) is 60.7 Å². The maximum Gasteiger partial charge on any atom is 0.424 e. The van der Waals surface area contributed by atoms with E-state index in [1.165, 1.54) is 7.11 Å². The second kappa shape index (κ2) is 13.7. The van der Waals surface area contributed by atoms with E-state index in [0.29, 0.717) is 22.7 Å². The molecule has 0 aliphatic carbocycles. The average Bonchev–Trinajstić information content (AvgIpc) is 3.01. The molecule has 0 fully saturated rings. The van der Waals surface area contributed by atoms with Gasteiger partial charge in [0.15, 0.2) is 11.5 Å². The van der Waals surface area contributed by atoms with Crippen LogP contribution in [0.4, 0.5) is 21.9 Å². The van der Waals surface area contributed by atoms with Crippen LogP contribution in [0.1, 0.15) is 19.4 Å². The molecule has 0 unspecified atom stereocenters. The Balaban J connectivity index is 1.87. The van der Waals surface area contributed by atoms with Gasteiger partial charge in [-0.05, 0) is 62.4 Å². The fourth-order valence-corrected chi connectivity index (χ4v) is 4.34. The molecule has 8 nitrogen and oxygen atoms in total. The normalized spacial score (nSPS) is 11.2. The smallest absolute Gasteiger partial charge is 0.424 e. The zero-order chi connectivity index (χ0) is 29.2. The van der Waals surface area contributed by atoms with Crippen molar-refractivity contribution in [3.63, 3.8) is 0 Å². The monoisotopic (exact) mass is 551 g/mol. The van der Waals surface area contributed by atoms with Crippen LogP contribution in [0, 0.1) is 0 Å². The number of carbonyl (C=O) groups is 2. The summed E-state index contributed by atoms with van der Waals surface area (Å²) in [5.74, 6) is -0.447. The van der Waals surface area contributed by atoms with Gasteiger partial charge < -0.3 is 24.8 Å². The van der Waals surface area contributed by atoms with E-state index in [1.807, 2.05) is 12.1 Å². The molecule has 0 saturated heterocycles. The summed E-state index contributed by atoms with van der Waals surface area (Å²) in [5.41, 5.74) is 1.67. The van der Waals surface area contributed by atoms with Crippen molar-refractivity contribution in [2.75, 3.05) is 35.3 Å². The van der Waals surface area contributed by atoms with Crippen LogP contribution in [0.15, 0.2) is 115 Å². The van der Waals surface area contributed by atoms with Crippen molar-refractivity contribution in [3.8, 4) is 11.5 Å². The van der Waals surface area contributed by atoms with Crippen LogP contribution in [-0.4, -0.2) is 37.3 Å². The van der Waals surface area contributed by atoms with Crippen molar-refractivity contribution < 1.29 is 24.2 Å². The SMILES string of the molecule is CCN(CC)c1ccc(N(C(=O)Oc2ccccc2)/C(C(=O)Nc2ccccc2OC)=C(\O)c2ccccc2)cc1. The van der Waals surface area contributed by atoms with Gasteiger partial charge in [0, 0.05) is 24.3 Å². The summed E-state index contributed by atoms with van der Waals surface area (Å²) in [6.07, 6.45) is -0.876. The molecule has 4 aromatic rings. The summed E-state index contributed by atoms with van der Waals surface area (Å²) in [7, 11) is 1.49. The Morgan fingerprint density at radius 2 is 1.32 bits per heavy atom. The first-order valence-corrected chi connectivity index (χ1v) is 13.3. The van der Waals surface area contributed by atoms with Gasteiger partial charge in [0.1, 0.15) is 11.5 Å². The molecule has 0 bridgehead atoms. The van der Waals surface area contributed by atoms with Crippen LogP contribution in [0.2, 0.25) is 0 Å². The highest BCUT2D eigenvalue weighted by Gasteiger charge is 2.32. The second-order valence-corrected chi connectivity index (χ2v) is 8.92. The first-order valence-electron chi connectivity index (χ1n) is 13.3. The highest BCUT2D eigenvalue weighted by Crippen LogP contribution is 2.31. The number of aliphatic hydroxyl groups excluding tert-OH is 1. The standard InChI is InChI=1S/C33H33N3O5/c1-4-35(5-2)25-20-22-26(23-21-25)36(33(39)41-27-16-10-7-11-17-27)30(31(37)24-14-8-6-9-15-24)32(38)34-28-18-12-13-19-29(28)40-3/h6-23,37H,4-5H2,1-3H3,(H,34,38)/b31-30-. The molecule has 0 heterocycles. The fourth-order valence-electron chi connectivity index (χ4n) is 4.34. The number of nitrogens with zero attached hydrogens (tertiary/aromatic N) is 2. The third-order valence-corrected chi connectivity index (χ3v) is 6.43. The first-order chi connectivity index (χ1) is 20.0. The van der Waals surface area contributed by atoms with Crippen LogP contribution in [0.5, 0.6) is 11.5 Å². The average molecular weight is 552 g/mol. The molecule has 2 amide bonds. The fraction of sp³-hybridized carbons (Fsp3) is 0.152. The molecule has 0 aliphatic rings. The predicted octanol–water partition coefficient (Wildman–Crippen LogP) is 7.11. The predicted molar refractivity (Wildman–Crippen MR) is 163 cm³/mol. The van der Waals surface area contributed by atoms with Gasteiger partial charge in [-0.2, -0.15) is 0 Å². The minimum absolute atomic E-state index is 0.283. The van der Waals surface area contributed by atoms with E-state index in [2.05, 4.69) is 24.1 Å². The molecule has 41 heavy (non-hydrogen) atoms. The summed E-state index contributed by atoms with van der Waals surface area (Å²) < 4.78 is 11.1. The summed E-state index contributed by atoms with van der Waals surface area (Å²) in [6.45, 7) is 5.72. The van der Waals surface area contributed by atoms with Gasteiger partial charge in [-0.15, -0.1) is 0 Å². The third kappa shape index (κ3) is 6.86. The van der Waals surface area contributed by atoms with Crippen molar-refractivity contribution in [1.82, 2.24) is 0 Å². The van der Waals surface area contributed by atoms with Crippen molar-refractivity contribution in [1.29, 1.82) is 0 Å². The van der Waals surface area contributed by atoms with Gasteiger partial charge in [0.05, 0.1) is 18.5 Å². The van der Waals surface area contributed by atoms with Crippen LogP contribution in [-0.2, 0) is 4.79 Å². The number of amides is 2. The zero-order valence-corrected chi connectivity index (χ0v) is 23.3. The minimum atomic E-state index is -0.876. The van der Waals surface area contributed by atoms with E-state index >= 15 is 0 Å². The van der Waals surface area contributed by atoms with Crippen molar-refractivity contribution in [3.05, 3.63) is 120 Å². The van der Waals surface area contributed by atoms with Crippen LogP contribution >= 0.6 is 0 Å². The number of hydrogen-bond donors (Lipinski definition) is 2. The third-order valence-electron chi connectivity index (χ3n) is 6.43. The number of rotatable bonds is 10. The molecule has 0 aromatic heterocycles. The largest absolute Gasteiger partial charge is 0.505 e. The Hall–Kier alpha value is -5.24. The maximum atomic E-state index is 14.0. The van der Waals surface area contributed by atoms with Gasteiger partial charge in [0.25, 0.3) is 5.91 Å². The van der Waals surface area contributed by atoms with Crippen LogP contribution in [0.3, 0.4) is 0 Å². The number of hydrogen-bond acceptors (Lipinski definition) is 6.